The van der Waals surface area contributed by atoms with Crippen LogP contribution in [0.2, 0.25) is 0 Å². The van der Waals surface area contributed by atoms with Crippen LogP contribution < -0.4 is 0 Å². The molecule has 3 aliphatic carbocycles. The van der Waals surface area contributed by atoms with Gasteiger partial charge < -0.3 is 5.11 Å². The Morgan fingerprint density at radius 2 is 2.05 bits per heavy atom. The van der Waals surface area contributed by atoms with Crippen LogP contribution >= 0.6 is 0 Å². The molecule has 0 aromatic carbocycles. The van der Waals surface area contributed by atoms with E-state index in [0.29, 0.717) is 23.7 Å². The van der Waals surface area contributed by atoms with E-state index >= 15 is 0 Å². The number of hydrogen-bond acceptors (Lipinski definition) is 1. The fraction of sp³-hybridized carbons (Fsp3) is 0.750. The van der Waals surface area contributed by atoms with Gasteiger partial charge in [-0.05, 0) is 68.1 Å². The molecule has 2 nitrogen and oxygen atoms in total. The molecule has 0 amide bonds. The first-order chi connectivity index (χ1) is 10.3. The monoisotopic (exact) mass is 302 g/mol. The van der Waals surface area contributed by atoms with Crippen LogP contribution in [-0.4, -0.2) is 11.1 Å². The van der Waals surface area contributed by atoms with Crippen LogP contribution in [0, 0.1) is 34.5 Å². The van der Waals surface area contributed by atoms with Crippen molar-refractivity contribution in [1.29, 1.82) is 0 Å². The van der Waals surface area contributed by atoms with Crippen molar-refractivity contribution in [2.75, 3.05) is 0 Å². The standard InChI is InChI=1S/C20H30O2/c1-13(2)15-7-8-17-16-6-5-14(3)9-10-19(16,4)11-12-20(15,17)18(21)22/h5-6,9,13,15-17H,7-8,10-12H2,1-4H3,(H,21,22)/t15-,16+,17+,19-,20+/m1/s1. The summed E-state index contributed by atoms with van der Waals surface area (Å²) in [5.41, 5.74) is 1.08. The van der Waals surface area contributed by atoms with Crippen LogP contribution in [-0.2, 0) is 4.79 Å². The average molecular weight is 302 g/mol. The molecule has 22 heavy (non-hydrogen) atoms. The molecule has 2 fully saturated rings. The lowest BCUT2D eigenvalue weighted by Crippen LogP contribution is -2.52. The Hall–Kier alpha value is -1.05. The molecular formula is C20H30O2. The third-order valence-corrected chi connectivity index (χ3v) is 7.12. The number of carbonyl (C=O) groups is 1. The fourth-order valence-electron chi connectivity index (χ4n) is 5.84. The normalized spacial score (nSPS) is 44.2. The van der Waals surface area contributed by atoms with Crippen molar-refractivity contribution >= 4 is 5.97 Å². The van der Waals surface area contributed by atoms with Crippen molar-refractivity contribution in [2.45, 2.75) is 59.8 Å². The van der Waals surface area contributed by atoms with Gasteiger partial charge in [-0.15, -0.1) is 0 Å². The van der Waals surface area contributed by atoms with Crippen molar-refractivity contribution in [3.05, 3.63) is 23.8 Å². The molecule has 2 saturated carbocycles. The third-order valence-electron chi connectivity index (χ3n) is 7.12. The largest absolute Gasteiger partial charge is 0.481 e. The smallest absolute Gasteiger partial charge is 0.310 e. The summed E-state index contributed by atoms with van der Waals surface area (Å²) in [7, 11) is 0. The first-order valence-corrected chi connectivity index (χ1v) is 8.89. The maximum Gasteiger partial charge on any atom is 0.310 e. The summed E-state index contributed by atoms with van der Waals surface area (Å²) in [5, 5.41) is 10.2. The minimum absolute atomic E-state index is 0.240. The second-order valence-electron chi connectivity index (χ2n) is 8.57. The summed E-state index contributed by atoms with van der Waals surface area (Å²) in [4.78, 5) is 12.4. The van der Waals surface area contributed by atoms with Gasteiger partial charge in [0.15, 0.2) is 0 Å². The summed E-state index contributed by atoms with van der Waals surface area (Å²) >= 11 is 0. The second kappa shape index (κ2) is 5.25. The highest BCUT2D eigenvalue weighted by Gasteiger charge is 2.63. The summed E-state index contributed by atoms with van der Waals surface area (Å²) in [6.45, 7) is 8.96. The van der Waals surface area contributed by atoms with Gasteiger partial charge in [-0.3, -0.25) is 4.79 Å². The number of carboxylic acids is 1. The maximum atomic E-state index is 12.4. The van der Waals surface area contributed by atoms with Crippen LogP contribution in [0.3, 0.4) is 0 Å². The van der Waals surface area contributed by atoms with Crippen LogP contribution in [0.1, 0.15) is 59.8 Å². The molecule has 1 N–H and O–H groups in total. The van der Waals surface area contributed by atoms with Crippen LogP contribution in [0.15, 0.2) is 23.8 Å². The zero-order valence-corrected chi connectivity index (χ0v) is 14.4. The minimum Gasteiger partial charge on any atom is -0.481 e. The quantitative estimate of drug-likeness (QED) is 0.774. The lowest BCUT2D eigenvalue weighted by atomic mass is 9.50. The fourth-order valence-corrected chi connectivity index (χ4v) is 5.84. The molecular weight excluding hydrogens is 272 g/mol. The van der Waals surface area contributed by atoms with Gasteiger partial charge in [-0.2, -0.15) is 0 Å². The van der Waals surface area contributed by atoms with E-state index in [1.54, 1.807) is 0 Å². The molecule has 0 spiro atoms. The Bertz CT molecular complexity index is 530. The van der Waals surface area contributed by atoms with Gasteiger partial charge in [0.25, 0.3) is 0 Å². The lowest BCUT2D eigenvalue weighted by Gasteiger charge is -2.52. The lowest BCUT2D eigenvalue weighted by molar-refractivity contribution is -0.164. The highest BCUT2D eigenvalue weighted by Crippen LogP contribution is 2.65. The van der Waals surface area contributed by atoms with E-state index in [2.05, 4.69) is 45.9 Å². The summed E-state index contributed by atoms with van der Waals surface area (Å²) < 4.78 is 0. The van der Waals surface area contributed by atoms with Crippen molar-refractivity contribution in [2.24, 2.45) is 34.5 Å². The molecule has 0 saturated heterocycles. The predicted octanol–water partition coefficient (Wildman–Crippen LogP) is 5.06. The molecule has 0 aromatic heterocycles. The van der Waals surface area contributed by atoms with Crippen molar-refractivity contribution < 1.29 is 9.90 Å². The number of aliphatic carboxylic acids is 1. The summed E-state index contributed by atoms with van der Waals surface area (Å²) in [6.07, 6.45) is 12.1. The number of carboxylic acid groups (broad SMARTS) is 1. The predicted molar refractivity (Wildman–Crippen MR) is 89.5 cm³/mol. The molecule has 0 aliphatic heterocycles. The van der Waals surface area contributed by atoms with Crippen molar-refractivity contribution in [3.8, 4) is 0 Å². The molecule has 5 atom stereocenters. The Morgan fingerprint density at radius 3 is 2.68 bits per heavy atom. The molecule has 0 bridgehead atoms. The maximum absolute atomic E-state index is 12.4. The van der Waals surface area contributed by atoms with Gasteiger partial charge in [0.1, 0.15) is 0 Å². The van der Waals surface area contributed by atoms with E-state index in [1.807, 2.05) is 0 Å². The van der Waals surface area contributed by atoms with Crippen LogP contribution in [0.5, 0.6) is 0 Å². The molecule has 122 valence electrons. The van der Waals surface area contributed by atoms with E-state index in [1.165, 1.54) is 5.57 Å². The van der Waals surface area contributed by atoms with Gasteiger partial charge in [0.2, 0.25) is 0 Å². The highest BCUT2D eigenvalue weighted by molar-refractivity contribution is 5.76. The Morgan fingerprint density at radius 1 is 1.32 bits per heavy atom. The topological polar surface area (TPSA) is 37.3 Å². The highest BCUT2D eigenvalue weighted by atomic mass is 16.4. The van der Waals surface area contributed by atoms with Gasteiger partial charge in [-0.25, -0.2) is 0 Å². The SMILES string of the molecule is CC1=CC[C@]2(C)CC[C@]3(C(=O)O)[C@@H](C(C)C)CC[C@H]3[C@@H]2C=C1. The zero-order valence-electron chi connectivity index (χ0n) is 14.4. The number of fused-ring (bicyclic) bond motifs is 3. The molecule has 3 rings (SSSR count). The molecule has 0 unspecified atom stereocenters. The first kappa shape index (κ1) is 15.8. The van der Waals surface area contributed by atoms with Crippen LogP contribution in [0.4, 0.5) is 0 Å². The van der Waals surface area contributed by atoms with Gasteiger partial charge in [0, 0.05) is 0 Å². The Kier molecular flexibility index (Phi) is 3.78. The number of allylic oxidation sites excluding steroid dienone is 4. The second-order valence-corrected chi connectivity index (χ2v) is 8.57. The molecule has 0 heterocycles. The van der Waals surface area contributed by atoms with Gasteiger partial charge in [-0.1, -0.05) is 44.6 Å². The molecule has 0 radical (unpaired) electrons. The van der Waals surface area contributed by atoms with E-state index in [-0.39, 0.29) is 5.41 Å². The molecule has 0 aromatic rings. The Balaban J connectivity index is 2.04. The van der Waals surface area contributed by atoms with Crippen molar-refractivity contribution in [1.82, 2.24) is 0 Å². The van der Waals surface area contributed by atoms with E-state index in [9.17, 15) is 9.90 Å². The zero-order chi connectivity index (χ0) is 16.1. The molecule has 2 heteroatoms. The third kappa shape index (κ3) is 2.10. The van der Waals surface area contributed by atoms with Crippen molar-refractivity contribution in [3.63, 3.8) is 0 Å². The van der Waals surface area contributed by atoms with Gasteiger partial charge in [0.05, 0.1) is 5.41 Å². The van der Waals surface area contributed by atoms with Gasteiger partial charge >= 0.3 is 5.97 Å². The number of rotatable bonds is 2. The molecule has 3 aliphatic rings. The minimum atomic E-state index is -0.530. The van der Waals surface area contributed by atoms with E-state index in [0.717, 1.165) is 32.1 Å². The summed E-state index contributed by atoms with van der Waals surface area (Å²) in [6, 6.07) is 0. The first-order valence-electron chi connectivity index (χ1n) is 8.89. The van der Waals surface area contributed by atoms with Crippen LogP contribution in [0.25, 0.3) is 0 Å². The van der Waals surface area contributed by atoms with E-state index < -0.39 is 11.4 Å². The number of hydrogen-bond donors (Lipinski definition) is 1. The Labute approximate surface area is 134 Å². The van der Waals surface area contributed by atoms with E-state index in [4.69, 9.17) is 0 Å². The average Bonchev–Trinajstić information content (AvgIpc) is 2.78. The summed E-state index contributed by atoms with van der Waals surface area (Å²) in [5.74, 6) is 0.991.